The van der Waals surface area contributed by atoms with E-state index in [4.69, 9.17) is 9.47 Å². The van der Waals surface area contributed by atoms with Crippen LogP contribution in [0.3, 0.4) is 0 Å². The minimum atomic E-state index is -0.499. The number of nitrogens with one attached hydrogen (secondary N) is 1. The number of carbonyl (C=O) groups excluding carboxylic acids is 1. The van der Waals surface area contributed by atoms with Gasteiger partial charge in [-0.15, -0.1) is 0 Å². The Bertz CT molecular complexity index is 1120. The molecule has 1 aliphatic heterocycles. The normalized spacial score (nSPS) is 19.7. The van der Waals surface area contributed by atoms with Crippen molar-refractivity contribution in [2.45, 2.75) is 45.0 Å². The zero-order valence-electron chi connectivity index (χ0n) is 20.4. The number of carbonyl (C=O) groups is 1. The molecule has 6 nitrogen and oxygen atoms in total. The molecule has 3 aromatic rings. The number of ether oxygens (including phenoxy) is 2. The van der Waals surface area contributed by atoms with Crippen LogP contribution in [-0.4, -0.2) is 40.3 Å². The lowest BCUT2D eigenvalue weighted by Crippen LogP contribution is -2.31. The minimum Gasteiger partial charge on any atom is -0.396 e. The molecule has 7 heteroatoms. The number of amides is 1. The molecule has 3 atom stereocenters. The number of thioether (sulfide) groups is 1. The molecule has 0 aliphatic carbocycles. The second kappa shape index (κ2) is 13.0. The van der Waals surface area contributed by atoms with Crippen LogP contribution in [0.25, 0.3) is 11.1 Å². The highest BCUT2D eigenvalue weighted by atomic mass is 32.2. The van der Waals surface area contributed by atoms with Crippen molar-refractivity contribution in [3.05, 3.63) is 95.1 Å². The Morgan fingerprint density at radius 1 is 0.944 bits per heavy atom. The van der Waals surface area contributed by atoms with E-state index in [0.717, 1.165) is 45.6 Å². The molecule has 0 radical (unpaired) electrons. The molecule has 1 aliphatic rings. The monoisotopic (exact) mass is 507 g/mol. The SMILES string of the molecule is CC(=O)NCc1cccc(-c2ccc([C@H]3O[C@@H](CSCCO)C[C@@H](c4ccc(CO)cc4)O3)cc2)c1. The van der Waals surface area contributed by atoms with Gasteiger partial charge in [0, 0.05) is 37.0 Å². The predicted octanol–water partition coefficient (Wildman–Crippen LogP) is 4.75. The second-order valence-electron chi connectivity index (χ2n) is 8.88. The molecule has 1 heterocycles. The molecule has 1 saturated heterocycles. The molecule has 36 heavy (non-hydrogen) atoms. The lowest BCUT2D eigenvalue weighted by atomic mass is 9.99. The predicted molar refractivity (Wildman–Crippen MR) is 142 cm³/mol. The highest BCUT2D eigenvalue weighted by Gasteiger charge is 2.32. The van der Waals surface area contributed by atoms with Crippen molar-refractivity contribution in [1.82, 2.24) is 5.32 Å². The third kappa shape index (κ3) is 7.18. The maximum absolute atomic E-state index is 11.2. The maximum atomic E-state index is 11.2. The van der Waals surface area contributed by atoms with Gasteiger partial charge in [-0.25, -0.2) is 0 Å². The van der Waals surface area contributed by atoms with Gasteiger partial charge in [0.2, 0.25) is 5.91 Å². The molecule has 1 fully saturated rings. The van der Waals surface area contributed by atoms with Crippen molar-refractivity contribution < 1.29 is 24.5 Å². The lowest BCUT2D eigenvalue weighted by molar-refractivity contribution is -0.245. The van der Waals surface area contributed by atoms with E-state index in [1.165, 1.54) is 6.92 Å². The topological polar surface area (TPSA) is 88.0 Å². The van der Waals surface area contributed by atoms with Gasteiger partial charge in [-0.2, -0.15) is 11.8 Å². The van der Waals surface area contributed by atoms with Crippen LogP contribution in [0.1, 0.15) is 48.0 Å². The van der Waals surface area contributed by atoms with Gasteiger partial charge in [-0.1, -0.05) is 66.7 Å². The van der Waals surface area contributed by atoms with Gasteiger partial charge in [0.1, 0.15) is 0 Å². The van der Waals surface area contributed by atoms with E-state index in [1.807, 2.05) is 48.5 Å². The van der Waals surface area contributed by atoms with E-state index in [0.29, 0.717) is 12.3 Å². The van der Waals surface area contributed by atoms with Crippen LogP contribution in [-0.2, 0) is 27.4 Å². The van der Waals surface area contributed by atoms with E-state index in [-0.39, 0.29) is 31.3 Å². The third-order valence-electron chi connectivity index (χ3n) is 6.14. The molecule has 0 spiro atoms. The summed E-state index contributed by atoms with van der Waals surface area (Å²) >= 11 is 1.68. The van der Waals surface area contributed by atoms with Crippen LogP contribution < -0.4 is 5.32 Å². The summed E-state index contributed by atoms with van der Waals surface area (Å²) in [6.45, 7) is 2.18. The van der Waals surface area contributed by atoms with E-state index in [1.54, 1.807) is 11.8 Å². The van der Waals surface area contributed by atoms with Crippen LogP contribution in [0.4, 0.5) is 0 Å². The van der Waals surface area contributed by atoms with Crippen molar-refractivity contribution in [2.75, 3.05) is 18.1 Å². The van der Waals surface area contributed by atoms with E-state index < -0.39 is 6.29 Å². The zero-order valence-corrected chi connectivity index (χ0v) is 21.2. The molecular weight excluding hydrogens is 474 g/mol. The van der Waals surface area contributed by atoms with Crippen LogP contribution in [0.5, 0.6) is 0 Å². The summed E-state index contributed by atoms with van der Waals surface area (Å²) in [5, 5.41) is 21.4. The smallest absolute Gasteiger partial charge is 0.217 e. The third-order valence-corrected chi connectivity index (χ3v) is 7.22. The summed E-state index contributed by atoms with van der Waals surface area (Å²) in [7, 11) is 0. The number of hydrogen-bond donors (Lipinski definition) is 3. The summed E-state index contributed by atoms with van der Waals surface area (Å²) in [6, 6.07) is 24.2. The fourth-order valence-electron chi connectivity index (χ4n) is 4.22. The largest absolute Gasteiger partial charge is 0.396 e. The summed E-state index contributed by atoms with van der Waals surface area (Å²) in [4.78, 5) is 11.2. The fraction of sp³-hybridized carbons (Fsp3) is 0.345. The van der Waals surface area contributed by atoms with Crippen LogP contribution in [0.15, 0.2) is 72.8 Å². The Labute approximate surface area is 216 Å². The van der Waals surface area contributed by atoms with E-state index in [9.17, 15) is 15.0 Å². The summed E-state index contributed by atoms with van der Waals surface area (Å²) in [5.74, 6) is 1.41. The Kier molecular flexibility index (Phi) is 9.55. The van der Waals surface area contributed by atoms with Gasteiger partial charge >= 0.3 is 0 Å². The number of aliphatic hydroxyl groups excluding tert-OH is 2. The standard InChI is InChI=1S/C29H33NO5S/c1-20(33)30-17-22-3-2-4-26(15-22)23-9-11-25(12-10-23)29-34-27(19-36-14-13-31)16-28(35-29)24-7-5-21(18-32)6-8-24/h2-12,15,27-29,31-32H,13-14,16-19H2,1H3,(H,30,33)/t27-,28+,29+/m1/s1. The zero-order chi connectivity index (χ0) is 25.3. The number of aliphatic hydroxyl groups is 2. The Morgan fingerprint density at radius 2 is 1.69 bits per heavy atom. The molecule has 0 saturated carbocycles. The van der Waals surface area contributed by atoms with Gasteiger partial charge in [0.05, 0.1) is 25.4 Å². The van der Waals surface area contributed by atoms with Gasteiger partial charge in [-0.05, 0) is 33.9 Å². The number of hydrogen-bond acceptors (Lipinski definition) is 6. The summed E-state index contributed by atoms with van der Waals surface area (Å²) < 4.78 is 12.7. The Balaban J connectivity index is 1.50. The average Bonchev–Trinajstić information content (AvgIpc) is 2.92. The maximum Gasteiger partial charge on any atom is 0.217 e. The van der Waals surface area contributed by atoms with Gasteiger partial charge in [-0.3, -0.25) is 4.79 Å². The Morgan fingerprint density at radius 3 is 2.39 bits per heavy atom. The van der Waals surface area contributed by atoms with Crippen molar-refractivity contribution in [3.63, 3.8) is 0 Å². The molecule has 0 bridgehead atoms. The molecule has 190 valence electrons. The highest BCUT2D eigenvalue weighted by molar-refractivity contribution is 7.99. The van der Waals surface area contributed by atoms with Crippen LogP contribution in [0, 0.1) is 0 Å². The summed E-state index contributed by atoms with van der Waals surface area (Å²) in [6.07, 6.45) is 0.0995. The van der Waals surface area contributed by atoms with Crippen molar-refractivity contribution in [2.24, 2.45) is 0 Å². The average molecular weight is 508 g/mol. The molecule has 3 N–H and O–H groups in total. The molecule has 0 unspecified atom stereocenters. The van der Waals surface area contributed by atoms with Crippen molar-refractivity contribution in [1.29, 1.82) is 0 Å². The first-order chi connectivity index (χ1) is 17.6. The van der Waals surface area contributed by atoms with E-state index in [2.05, 4.69) is 29.6 Å². The molecule has 4 rings (SSSR count). The first kappa shape index (κ1) is 26.4. The quantitative estimate of drug-likeness (QED) is 0.343. The lowest BCUT2D eigenvalue weighted by Gasteiger charge is -2.36. The number of benzene rings is 3. The Hall–Kier alpha value is -2.68. The van der Waals surface area contributed by atoms with Crippen molar-refractivity contribution in [3.8, 4) is 11.1 Å². The molecule has 0 aromatic heterocycles. The van der Waals surface area contributed by atoms with Crippen molar-refractivity contribution >= 4 is 17.7 Å². The van der Waals surface area contributed by atoms with Crippen LogP contribution in [0.2, 0.25) is 0 Å². The second-order valence-corrected chi connectivity index (χ2v) is 10.0. The van der Waals surface area contributed by atoms with Gasteiger partial charge in [0.25, 0.3) is 0 Å². The molecular formula is C29H33NO5S. The van der Waals surface area contributed by atoms with Gasteiger partial charge in [0.15, 0.2) is 6.29 Å². The van der Waals surface area contributed by atoms with Gasteiger partial charge < -0.3 is 25.0 Å². The highest BCUT2D eigenvalue weighted by Crippen LogP contribution is 2.39. The van der Waals surface area contributed by atoms with E-state index >= 15 is 0 Å². The minimum absolute atomic E-state index is 0.00653. The summed E-state index contributed by atoms with van der Waals surface area (Å²) in [5.41, 5.74) is 6.07. The first-order valence-electron chi connectivity index (χ1n) is 12.2. The first-order valence-corrected chi connectivity index (χ1v) is 13.3. The fourth-order valence-corrected chi connectivity index (χ4v) is 5.00. The van der Waals surface area contributed by atoms with Crippen LogP contribution >= 0.6 is 11.8 Å². The molecule has 3 aromatic carbocycles. The number of rotatable bonds is 10. The molecule has 1 amide bonds.